The van der Waals surface area contributed by atoms with Crippen LogP contribution in [0, 0.1) is 16.7 Å². The predicted molar refractivity (Wildman–Crippen MR) is 59.5 cm³/mol. The average Bonchev–Trinajstić information content (AvgIpc) is 2.17. The van der Waals surface area contributed by atoms with E-state index in [-0.39, 0.29) is 12.2 Å². The van der Waals surface area contributed by atoms with Crippen LogP contribution in [0.25, 0.3) is 0 Å². The Labute approximate surface area is 96.6 Å². The molecule has 0 aromatic carbocycles. The third-order valence-corrected chi connectivity index (χ3v) is 2.21. The third kappa shape index (κ3) is 6.99. The minimum Gasteiger partial charge on any atom is -0.466 e. The molecule has 0 aromatic heterocycles. The first-order valence-corrected chi connectivity index (χ1v) is 5.50. The van der Waals surface area contributed by atoms with Gasteiger partial charge in [-0.3, -0.25) is 9.59 Å². The largest absolute Gasteiger partial charge is 0.466 e. The fourth-order valence-electron chi connectivity index (χ4n) is 1.24. The summed E-state index contributed by atoms with van der Waals surface area (Å²) >= 11 is 0. The highest BCUT2D eigenvalue weighted by Gasteiger charge is 2.17. The maximum atomic E-state index is 11.3. The molecule has 0 fully saturated rings. The molecule has 0 amide bonds. The van der Waals surface area contributed by atoms with E-state index >= 15 is 0 Å². The van der Waals surface area contributed by atoms with Gasteiger partial charge in [0.1, 0.15) is 12.2 Å². The molecule has 0 N–H and O–H groups in total. The molecule has 0 atom stereocenters. The van der Waals surface area contributed by atoms with Crippen molar-refractivity contribution >= 4 is 11.8 Å². The van der Waals surface area contributed by atoms with E-state index in [4.69, 9.17) is 5.26 Å². The lowest BCUT2D eigenvalue weighted by Crippen LogP contribution is -2.12. The summed E-state index contributed by atoms with van der Waals surface area (Å²) < 4.78 is 4.67. The van der Waals surface area contributed by atoms with Crippen LogP contribution in [-0.2, 0) is 14.3 Å². The van der Waals surface area contributed by atoms with E-state index in [9.17, 15) is 9.59 Å². The Hall–Kier alpha value is -1.37. The van der Waals surface area contributed by atoms with Crippen molar-refractivity contribution in [3.63, 3.8) is 0 Å². The molecule has 0 radical (unpaired) electrons. The molecule has 0 rings (SSSR count). The Kier molecular flexibility index (Phi) is 6.40. The van der Waals surface area contributed by atoms with E-state index in [1.54, 1.807) is 6.92 Å². The second kappa shape index (κ2) is 7.00. The Morgan fingerprint density at radius 3 is 2.50 bits per heavy atom. The number of rotatable bonds is 7. The number of hydrogen-bond acceptors (Lipinski definition) is 4. The molecule has 4 heteroatoms. The van der Waals surface area contributed by atoms with E-state index in [2.05, 4.69) is 10.8 Å². The molecular formula is C12H19NO3. The van der Waals surface area contributed by atoms with Crippen LogP contribution >= 0.6 is 0 Å². The van der Waals surface area contributed by atoms with Crippen molar-refractivity contribution in [2.75, 3.05) is 6.61 Å². The Balaban J connectivity index is 3.75. The fourth-order valence-corrected chi connectivity index (χ4v) is 1.24. The summed E-state index contributed by atoms with van der Waals surface area (Å²) in [5.74, 6) is -0.584. The monoisotopic (exact) mass is 225 g/mol. The number of ketones is 1. The maximum absolute atomic E-state index is 11.3. The number of esters is 1. The zero-order valence-electron chi connectivity index (χ0n) is 10.2. The van der Waals surface area contributed by atoms with E-state index in [1.165, 1.54) is 0 Å². The molecular weight excluding hydrogens is 206 g/mol. The number of hydrogen-bond donors (Lipinski definition) is 0. The van der Waals surface area contributed by atoms with Gasteiger partial charge in [0.25, 0.3) is 0 Å². The lowest BCUT2D eigenvalue weighted by atomic mass is 9.88. The summed E-state index contributed by atoms with van der Waals surface area (Å²) in [4.78, 5) is 22.3. The number of Topliss-reactive ketones (excluding diaryl/α,β-unsaturated/α-hetero) is 1. The van der Waals surface area contributed by atoms with Crippen molar-refractivity contribution in [1.82, 2.24) is 0 Å². The molecule has 0 spiro atoms. The normalized spacial score (nSPS) is 10.6. The van der Waals surface area contributed by atoms with Crippen LogP contribution in [0.15, 0.2) is 0 Å². The highest BCUT2D eigenvalue weighted by Crippen LogP contribution is 2.21. The lowest BCUT2D eigenvalue weighted by molar-refractivity contribution is -0.145. The van der Waals surface area contributed by atoms with Crippen molar-refractivity contribution in [3.05, 3.63) is 0 Å². The Morgan fingerprint density at radius 2 is 2.00 bits per heavy atom. The zero-order valence-corrected chi connectivity index (χ0v) is 10.2. The summed E-state index contributed by atoms with van der Waals surface area (Å²) in [7, 11) is 0. The zero-order chi connectivity index (χ0) is 12.6. The molecule has 0 heterocycles. The number of ether oxygens (including phenoxy) is 1. The second-order valence-electron chi connectivity index (χ2n) is 4.37. The molecule has 0 aliphatic heterocycles. The van der Waals surface area contributed by atoms with Gasteiger partial charge in [-0.15, -0.1) is 0 Å². The van der Waals surface area contributed by atoms with Gasteiger partial charge in [-0.25, -0.2) is 0 Å². The maximum Gasteiger partial charge on any atom is 0.313 e. The summed E-state index contributed by atoms with van der Waals surface area (Å²) in [6.45, 7) is 5.68. The van der Waals surface area contributed by atoms with Crippen LogP contribution in [-0.4, -0.2) is 18.4 Å². The van der Waals surface area contributed by atoms with Gasteiger partial charge >= 0.3 is 5.97 Å². The van der Waals surface area contributed by atoms with Gasteiger partial charge in [0.2, 0.25) is 0 Å². The van der Waals surface area contributed by atoms with E-state index < -0.39 is 11.4 Å². The first-order valence-electron chi connectivity index (χ1n) is 5.50. The van der Waals surface area contributed by atoms with E-state index in [1.807, 2.05) is 13.8 Å². The number of nitriles is 1. The van der Waals surface area contributed by atoms with Gasteiger partial charge in [-0.2, -0.15) is 5.26 Å². The number of nitrogens with zero attached hydrogens (tertiary/aromatic N) is 1. The Bertz CT molecular complexity index is 289. The molecule has 0 saturated carbocycles. The predicted octanol–water partition coefficient (Wildman–Crippen LogP) is 2.23. The molecule has 0 aliphatic carbocycles. The third-order valence-electron chi connectivity index (χ3n) is 2.21. The Morgan fingerprint density at radius 1 is 1.38 bits per heavy atom. The van der Waals surface area contributed by atoms with Crippen molar-refractivity contribution in [2.45, 2.75) is 46.5 Å². The van der Waals surface area contributed by atoms with Gasteiger partial charge in [-0.05, 0) is 33.6 Å². The van der Waals surface area contributed by atoms with Crippen LogP contribution in [0.4, 0.5) is 0 Å². The van der Waals surface area contributed by atoms with Crippen LogP contribution in [0.1, 0.15) is 46.5 Å². The first-order chi connectivity index (χ1) is 7.41. The second-order valence-corrected chi connectivity index (χ2v) is 4.37. The topological polar surface area (TPSA) is 67.2 Å². The van der Waals surface area contributed by atoms with Gasteiger partial charge in [0, 0.05) is 6.42 Å². The SMILES string of the molecule is CCOC(=O)CC(=O)CCCC(C)(C)C#N. The van der Waals surface area contributed by atoms with Gasteiger partial charge in [0.15, 0.2) is 0 Å². The number of carbonyl (C=O) groups excluding carboxylic acids is 2. The average molecular weight is 225 g/mol. The van der Waals surface area contributed by atoms with Gasteiger partial charge in [-0.1, -0.05) is 0 Å². The van der Waals surface area contributed by atoms with Gasteiger partial charge < -0.3 is 4.74 Å². The van der Waals surface area contributed by atoms with Crippen LogP contribution < -0.4 is 0 Å². The minimum atomic E-state index is -0.466. The summed E-state index contributed by atoms with van der Waals surface area (Å²) in [5, 5.41) is 8.77. The molecule has 90 valence electrons. The molecule has 16 heavy (non-hydrogen) atoms. The highest BCUT2D eigenvalue weighted by molar-refractivity contribution is 5.95. The summed E-state index contributed by atoms with van der Waals surface area (Å²) in [5.41, 5.74) is -0.399. The molecule has 0 unspecified atom stereocenters. The first kappa shape index (κ1) is 14.6. The molecule has 0 bridgehead atoms. The lowest BCUT2D eigenvalue weighted by Gasteiger charge is -2.13. The van der Waals surface area contributed by atoms with Crippen molar-refractivity contribution in [2.24, 2.45) is 5.41 Å². The van der Waals surface area contributed by atoms with Crippen molar-refractivity contribution in [1.29, 1.82) is 5.26 Å². The van der Waals surface area contributed by atoms with Gasteiger partial charge in [0.05, 0.1) is 18.1 Å². The molecule has 4 nitrogen and oxygen atoms in total. The van der Waals surface area contributed by atoms with E-state index in [0.717, 1.165) is 0 Å². The van der Waals surface area contributed by atoms with Crippen LogP contribution in [0.3, 0.4) is 0 Å². The minimum absolute atomic E-state index is 0.118. The quantitative estimate of drug-likeness (QED) is 0.492. The summed E-state index contributed by atoms with van der Waals surface area (Å²) in [6.07, 6.45) is 1.49. The van der Waals surface area contributed by atoms with Crippen molar-refractivity contribution < 1.29 is 14.3 Å². The van der Waals surface area contributed by atoms with Crippen LogP contribution in [0.2, 0.25) is 0 Å². The highest BCUT2D eigenvalue weighted by atomic mass is 16.5. The molecule has 0 saturated heterocycles. The van der Waals surface area contributed by atoms with Crippen molar-refractivity contribution in [3.8, 4) is 6.07 Å². The van der Waals surface area contributed by atoms with E-state index in [0.29, 0.717) is 25.9 Å². The van der Waals surface area contributed by atoms with Crippen LogP contribution in [0.5, 0.6) is 0 Å². The number of carbonyl (C=O) groups is 2. The molecule has 0 aromatic rings. The fraction of sp³-hybridized carbons (Fsp3) is 0.750. The standard InChI is InChI=1S/C12H19NO3/c1-4-16-11(15)8-10(14)6-5-7-12(2,3)9-13/h4-8H2,1-3H3. The molecule has 0 aliphatic rings. The smallest absolute Gasteiger partial charge is 0.313 e. The summed E-state index contributed by atoms with van der Waals surface area (Å²) in [6, 6.07) is 2.17.